The lowest BCUT2D eigenvalue weighted by molar-refractivity contribution is 1.07. The minimum atomic E-state index is 0.649. The molecule has 2 heterocycles. The van der Waals surface area contributed by atoms with E-state index in [1.54, 1.807) is 0 Å². The maximum atomic E-state index is 5.02. The van der Waals surface area contributed by atoms with Crippen LogP contribution in [-0.4, -0.2) is 15.0 Å². The van der Waals surface area contributed by atoms with Gasteiger partial charge in [-0.15, -0.1) is 11.3 Å². The summed E-state index contributed by atoms with van der Waals surface area (Å²) in [5, 5.41) is 10.3. The Labute approximate surface area is 321 Å². The molecule has 0 atom stereocenters. The fraction of sp³-hybridized carbons (Fsp3) is 0. The van der Waals surface area contributed by atoms with Gasteiger partial charge in [0.25, 0.3) is 0 Å². The standard InChI is InChI=1S/C51H31N3S/c1-3-13-32(14-4-1)49-52-50(33-15-5-2-6-16-33)54-51(53-49)37-18-11-17-36(29-37)38-23-12-24-47-48(38)45-31-35(26-28-46(45)55-47)34-25-27-43-41-21-8-7-19-39(41)40-20-9-10-22-42(40)44(43)30-34/h1-31H. The number of nitrogens with zero attached hydrogens (tertiary/aromatic N) is 3. The molecule has 0 saturated carbocycles. The zero-order valence-electron chi connectivity index (χ0n) is 29.6. The van der Waals surface area contributed by atoms with Crippen LogP contribution in [0.15, 0.2) is 188 Å². The van der Waals surface area contributed by atoms with Gasteiger partial charge in [0.2, 0.25) is 0 Å². The number of benzene rings is 9. The smallest absolute Gasteiger partial charge is 0.164 e. The molecule has 0 radical (unpaired) electrons. The molecule has 0 unspecified atom stereocenters. The Kier molecular flexibility index (Phi) is 7.35. The van der Waals surface area contributed by atoms with Crippen molar-refractivity contribution in [3.8, 4) is 56.4 Å². The number of rotatable bonds is 5. The molecular formula is C51H31N3S. The first-order valence-corrected chi connectivity index (χ1v) is 19.3. The van der Waals surface area contributed by atoms with Crippen LogP contribution in [0.25, 0.3) is 109 Å². The predicted molar refractivity (Wildman–Crippen MR) is 232 cm³/mol. The SMILES string of the molecule is c1ccc(-c2nc(-c3ccccc3)nc(-c3cccc(-c4cccc5sc6ccc(-c7ccc8c9ccccc9c9ccccc9c8c7)cc6c45)c3)n2)cc1. The molecule has 0 aliphatic carbocycles. The maximum Gasteiger partial charge on any atom is 0.164 e. The molecular weight excluding hydrogens is 687 g/mol. The van der Waals surface area contributed by atoms with E-state index in [0.717, 1.165) is 22.3 Å². The van der Waals surface area contributed by atoms with Gasteiger partial charge in [-0.3, -0.25) is 0 Å². The van der Waals surface area contributed by atoms with Crippen molar-refractivity contribution in [3.05, 3.63) is 188 Å². The van der Waals surface area contributed by atoms with Crippen molar-refractivity contribution in [1.29, 1.82) is 0 Å². The van der Waals surface area contributed by atoms with E-state index < -0.39 is 0 Å². The van der Waals surface area contributed by atoms with E-state index >= 15 is 0 Å². The summed E-state index contributed by atoms with van der Waals surface area (Å²) in [5.41, 5.74) is 7.60. The summed E-state index contributed by atoms with van der Waals surface area (Å²) in [4.78, 5) is 14.9. The third-order valence-corrected chi connectivity index (χ3v) is 11.8. The Bertz CT molecular complexity index is 3170. The van der Waals surface area contributed by atoms with Crippen LogP contribution in [0.5, 0.6) is 0 Å². The Hall–Kier alpha value is -7.01. The van der Waals surface area contributed by atoms with Gasteiger partial charge in [0, 0.05) is 36.9 Å². The Morgan fingerprint density at radius 3 is 1.38 bits per heavy atom. The molecule has 55 heavy (non-hydrogen) atoms. The van der Waals surface area contributed by atoms with Crippen LogP contribution in [0.4, 0.5) is 0 Å². The van der Waals surface area contributed by atoms with Crippen LogP contribution in [0, 0.1) is 0 Å². The second-order valence-electron chi connectivity index (χ2n) is 14.0. The van der Waals surface area contributed by atoms with Gasteiger partial charge in [0.05, 0.1) is 0 Å². The predicted octanol–water partition coefficient (Wildman–Crippen LogP) is 14.0. The molecule has 0 bridgehead atoms. The fourth-order valence-corrected chi connectivity index (χ4v) is 9.21. The second-order valence-corrected chi connectivity index (χ2v) is 15.0. The van der Waals surface area contributed by atoms with E-state index in [9.17, 15) is 0 Å². The first-order chi connectivity index (χ1) is 27.2. The van der Waals surface area contributed by atoms with Crippen LogP contribution < -0.4 is 0 Å². The molecule has 11 rings (SSSR count). The van der Waals surface area contributed by atoms with Crippen molar-refractivity contribution in [2.45, 2.75) is 0 Å². The van der Waals surface area contributed by atoms with Gasteiger partial charge >= 0.3 is 0 Å². The van der Waals surface area contributed by atoms with E-state index in [-0.39, 0.29) is 0 Å². The molecule has 0 spiro atoms. The fourth-order valence-electron chi connectivity index (χ4n) is 8.10. The number of hydrogen-bond donors (Lipinski definition) is 0. The Balaban J connectivity index is 1.05. The van der Waals surface area contributed by atoms with Gasteiger partial charge in [-0.05, 0) is 84.9 Å². The van der Waals surface area contributed by atoms with E-state index in [1.807, 2.05) is 72.0 Å². The summed E-state index contributed by atoms with van der Waals surface area (Å²) < 4.78 is 2.54. The van der Waals surface area contributed by atoms with Gasteiger partial charge in [0.1, 0.15) is 0 Å². The second kappa shape index (κ2) is 12.8. The minimum absolute atomic E-state index is 0.649. The number of aromatic nitrogens is 3. The third kappa shape index (κ3) is 5.38. The summed E-state index contributed by atoms with van der Waals surface area (Å²) in [6, 6.07) is 67.0. The molecule has 0 N–H and O–H groups in total. The van der Waals surface area contributed by atoms with Gasteiger partial charge in [-0.1, -0.05) is 158 Å². The van der Waals surface area contributed by atoms with Crippen LogP contribution >= 0.6 is 11.3 Å². The monoisotopic (exact) mass is 717 g/mol. The van der Waals surface area contributed by atoms with E-state index in [0.29, 0.717) is 17.5 Å². The van der Waals surface area contributed by atoms with Crippen LogP contribution in [0.1, 0.15) is 0 Å². The van der Waals surface area contributed by atoms with Crippen molar-refractivity contribution in [3.63, 3.8) is 0 Å². The highest BCUT2D eigenvalue weighted by Gasteiger charge is 2.16. The lowest BCUT2D eigenvalue weighted by Crippen LogP contribution is -2.00. The molecule has 0 saturated heterocycles. The summed E-state index contributed by atoms with van der Waals surface area (Å²) in [6.45, 7) is 0. The molecule has 4 heteroatoms. The molecule has 0 amide bonds. The number of hydrogen-bond acceptors (Lipinski definition) is 4. The average molecular weight is 718 g/mol. The maximum absolute atomic E-state index is 5.02. The number of fused-ring (bicyclic) bond motifs is 9. The lowest BCUT2D eigenvalue weighted by Gasteiger charge is -2.12. The molecule has 3 nitrogen and oxygen atoms in total. The van der Waals surface area contributed by atoms with Gasteiger partial charge < -0.3 is 0 Å². The molecule has 256 valence electrons. The minimum Gasteiger partial charge on any atom is -0.208 e. The van der Waals surface area contributed by atoms with E-state index in [1.165, 1.54) is 69.2 Å². The molecule has 9 aromatic carbocycles. The normalized spacial score (nSPS) is 11.6. The van der Waals surface area contributed by atoms with Gasteiger partial charge in [0.15, 0.2) is 17.5 Å². The molecule has 11 aromatic rings. The summed E-state index contributed by atoms with van der Waals surface area (Å²) >= 11 is 1.85. The van der Waals surface area contributed by atoms with Crippen molar-refractivity contribution < 1.29 is 0 Å². The quantitative estimate of drug-likeness (QED) is 0.166. The van der Waals surface area contributed by atoms with E-state index in [4.69, 9.17) is 15.0 Å². The van der Waals surface area contributed by atoms with Crippen molar-refractivity contribution >= 4 is 63.8 Å². The summed E-state index contributed by atoms with van der Waals surface area (Å²) in [5.74, 6) is 1.96. The lowest BCUT2D eigenvalue weighted by atomic mass is 9.91. The molecule has 0 aliphatic heterocycles. The van der Waals surface area contributed by atoms with Gasteiger partial charge in [-0.25, -0.2) is 15.0 Å². The van der Waals surface area contributed by atoms with Crippen LogP contribution in [0.2, 0.25) is 0 Å². The Morgan fingerprint density at radius 1 is 0.273 bits per heavy atom. The van der Waals surface area contributed by atoms with Crippen molar-refractivity contribution in [2.75, 3.05) is 0 Å². The Morgan fingerprint density at radius 2 is 0.745 bits per heavy atom. The van der Waals surface area contributed by atoms with E-state index in [2.05, 4.69) is 127 Å². The highest BCUT2D eigenvalue weighted by Crippen LogP contribution is 2.43. The van der Waals surface area contributed by atoms with Crippen molar-refractivity contribution in [1.82, 2.24) is 15.0 Å². The van der Waals surface area contributed by atoms with Gasteiger partial charge in [-0.2, -0.15) is 0 Å². The third-order valence-electron chi connectivity index (χ3n) is 10.7. The number of thiophene rings is 1. The molecule has 2 aromatic heterocycles. The van der Waals surface area contributed by atoms with Crippen LogP contribution in [0.3, 0.4) is 0 Å². The average Bonchev–Trinajstić information content (AvgIpc) is 3.65. The zero-order valence-corrected chi connectivity index (χ0v) is 30.5. The first kappa shape index (κ1) is 31.5. The van der Waals surface area contributed by atoms with Crippen LogP contribution in [-0.2, 0) is 0 Å². The molecule has 0 aliphatic rings. The summed E-state index contributed by atoms with van der Waals surface area (Å²) in [7, 11) is 0. The zero-order chi connectivity index (χ0) is 36.3. The largest absolute Gasteiger partial charge is 0.208 e. The highest BCUT2D eigenvalue weighted by molar-refractivity contribution is 7.26. The summed E-state index contributed by atoms with van der Waals surface area (Å²) in [6.07, 6.45) is 0. The first-order valence-electron chi connectivity index (χ1n) is 18.5. The molecule has 0 fully saturated rings. The topological polar surface area (TPSA) is 38.7 Å². The highest BCUT2D eigenvalue weighted by atomic mass is 32.1. The van der Waals surface area contributed by atoms with Crippen molar-refractivity contribution in [2.24, 2.45) is 0 Å².